The summed E-state index contributed by atoms with van der Waals surface area (Å²) in [6.07, 6.45) is 12.4. The molecule has 0 atom stereocenters. The second kappa shape index (κ2) is 6.26. The highest BCUT2D eigenvalue weighted by Crippen LogP contribution is 2.05. The number of amidine groups is 2. The second-order valence-electron chi connectivity index (χ2n) is 3.40. The number of nitrogens with one attached hydrogen (secondary N) is 1. The molecule has 0 unspecified atom stereocenters. The molecule has 3 nitrogen and oxygen atoms in total. The molecule has 0 amide bonds. The molecule has 1 aliphatic carbocycles. The number of allylic oxidation sites excluding steroid dienone is 5. The van der Waals surface area contributed by atoms with Crippen LogP contribution in [-0.2, 0) is 0 Å². The van der Waals surface area contributed by atoms with E-state index >= 15 is 0 Å². The summed E-state index contributed by atoms with van der Waals surface area (Å²) in [5, 5.41) is 7.72. The summed E-state index contributed by atoms with van der Waals surface area (Å²) in [5.41, 5.74) is 10.1. The van der Waals surface area contributed by atoms with Gasteiger partial charge >= 0.3 is 0 Å². The maximum absolute atomic E-state index is 7.72. The van der Waals surface area contributed by atoms with E-state index in [0.29, 0.717) is 11.4 Å². The molecule has 3 heteroatoms. The van der Waals surface area contributed by atoms with Crippen molar-refractivity contribution in [2.24, 2.45) is 10.7 Å². The second-order valence-corrected chi connectivity index (χ2v) is 3.40. The Hall–Kier alpha value is -2.38. The number of aliphatic imine (C=N–C) groups is 1. The smallest absolute Gasteiger partial charge is 0.162 e. The van der Waals surface area contributed by atoms with Crippen molar-refractivity contribution < 1.29 is 0 Å². The molecule has 0 aromatic heterocycles. The van der Waals surface area contributed by atoms with Crippen molar-refractivity contribution in [3.63, 3.8) is 0 Å². The molecule has 0 bridgehead atoms. The maximum atomic E-state index is 7.72. The third kappa shape index (κ3) is 3.93. The zero-order valence-electron chi connectivity index (χ0n) is 9.77. The molecule has 0 spiro atoms. The summed E-state index contributed by atoms with van der Waals surface area (Å²) in [5.74, 6) is 0.450. The predicted octanol–water partition coefficient (Wildman–Crippen LogP) is 2.66. The van der Waals surface area contributed by atoms with Gasteiger partial charge in [-0.2, -0.15) is 0 Å². The molecule has 0 fully saturated rings. The normalized spacial score (nSPS) is 15.5. The van der Waals surface area contributed by atoms with E-state index in [2.05, 4.69) is 17.3 Å². The summed E-state index contributed by atoms with van der Waals surface area (Å²) in [6, 6.07) is 0. The third-order valence-electron chi connectivity index (χ3n) is 2.08. The SMILES string of the molecule is C=C/C=C\C=C(/C)C(N)=NC(=N)C1=C=CC=C1. The molecule has 1 rings (SSSR count). The Kier molecular flexibility index (Phi) is 4.67. The van der Waals surface area contributed by atoms with Gasteiger partial charge in [-0.15, -0.1) is 5.73 Å². The molecule has 0 aromatic carbocycles. The predicted molar refractivity (Wildman–Crippen MR) is 73.2 cm³/mol. The third-order valence-corrected chi connectivity index (χ3v) is 2.08. The molecule has 0 saturated heterocycles. The van der Waals surface area contributed by atoms with Gasteiger partial charge < -0.3 is 5.73 Å². The van der Waals surface area contributed by atoms with Crippen LogP contribution in [-0.4, -0.2) is 11.7 Å². The number of hydrogen-bond donors (Lipinski definition) is 2. The van der Waals surface area contributed by atoms with Gasteiger partial charge in [-0.3, -0.25) is 5.41 Å². The van der Waals surface area contributed by atoms with Crippen molar-refractivity contribution >= 4 is 11.7 Å². The zero-order chi connectivity index (χ0) is 12.7. The lowest BCUT2D eigenvalue weighted by Gasteiger charge is -2.00. The molecule has 0 aromatic rings. The number of nitrogens with zero attached hydrogens (tertiary/aromatic N) is 1. The molecule has 0 saturated carbocycles. The minimum atomic E-state index is 0.118. The molecule has 0 aliphatic heterocycles. The van der Waals surface area contributed by atoms with Crippen LogP contribution in [0.25, 0.3) is 0 Å². The van der Waals surface area contributed by atoms with Crippen molar-refractivity contribution in [2.45, 2.75) is 6.92 Å². The van der Waals surface area contributed by atoms with Crippen molar-refractivity contribution in [3.8, 4) is 0 Å². The Morgan fingerprint density at radius 1 is 1.53 bits per heavy atom. The van der Waals surface area contributed by atoms with E-state index in [1.54, 1.807) is 24.3 Å². The molecule has 1 aliphatic rings. The van der Waals surface area contributed by atoms with Gasteiger partial charge in [0.1, 0.15) is 5.84 Å². The van der Waals surface area contributed by atoms with Gasteiger partial charge in [-0.25, -0.2) is 4.99 Å². The van der Waals surface area contributed by atoms with E-state index in [4.69, 9.17) is 11.1 Å². The highest BCUT2D eigenvalue weighted by molar-refractivity contribution is 6.10. The van der Waals surface area contributed by atoms with Crippen LogP contribution < -0.4 is 5.73 Å². The van der Waals surface area contributed by atoms with Crippen molar-refractivity contribution in [2.75, 3.05) is 0 Å². The van der Waals surface area contributed by atoms with Crippen LogP contribution >= 0.6 is 0 Å². The van der Waals surface area contributed by atoms with E-state index in [9.17, 15) is 0 Å². The molecule has 0 heterocycles. The Labute approximate surface area is 101 Å². The number of rotatable bonds is 4. The standard InChI is InChI=1S/C14H15N3/c1-3-4-5-8-11(2)13(15)17-14(16)12-9-6-7-10-12/h3-9H,1H2,2H3,(H3,15,16,17)/b5-4-,11-8+. The largest absolute Gasteiger partial charge is 0.383 e. The summed E-state index contributed by atoms with van der Waals surface area (Å²) < 4.78 is 0. The Bertz CT molecular complexity index is 508. The summed E-state index contributed by atoms with van der Waals surface area (Å²) >= 11 is 0. The monoisotopic (exact) mass is 225 g/mol. The minimum absolute atomic E-state index is 0.118. The van der Waals surface area contributed by atoms with E-state index in [-0.39, 0.29) is 5.84 Å². The van der Waals surface area contributed by atoms with Crippen LogP contribution in [0.2, 0.25) is 0 Å². The number of nitrogens with two attached hydrogens (primary N) is 1. The first-order chi connectivity index (χ1) is 8.15. The summed E-state index contributed by atoms with van der Waals surface area (Å²) in [4.78, 5) is 4.02. The fourth-order valence-corrected chi connectivity index (χ4v) is 1.11. The molecular weight excluding hydrogens is 210 g/mol. The lowest BCUT2D eigenvalue weighted by atomic mass is 10.2. The quantitative estimate of drug-likeness (QED) is 0.328. The van der Waals surface area contributed by atoms with Gasteiger partial charge in [0.2, 0.25) is 0 Å². The lowest BCUT2D eigenvalue weighted by Crippen LogP contribution is -2.15. The van der Waals surface area contributed by atoms with Crippen LogP contribution in [0.1, 0.15) is 6.92 Å². The summed E-state index contributed by atoms with van der Waals surface area (Å²) in [6.45, 7) is 5.41. The van der Waals surface area contributed by atoms with Crippen LogP contribution in [0.15, 0.2) is 71.0 Å². The highest BCUT2D eigenvalue weighted by Gasteiger charge is 2.03. The fourth-order valence-electron chi connectivity index (χ4n) is 1.11. The lowest BCUT2D eigenvalue weighted by molar-refractivity contribution is 1.39. The Morgan fingerprint density at radius 3 is 2.88 bits per heavy atom. The molecule has 86 valence electrons. The van der Waals surface area contributed by atoms with E-state index < -0.39 is 0 Å². The topological polar surface area (TPSA) is 62.2 Å². The maximum Gasteiger partial charge on any atom is 0.162 e. The van der Waals surface area contributed by atoms with E-state index in [1.807, 2.05) is 25.2 Å². The first kappa shape index (κ1) is 12.7. The van der Waals surface area contributed by atoms with Gasteiger partial charge in [0.15, 0.2) is 5.84 Å². The van der Waals surface area contributed by atoms with Crippen LogP contribution in [0.3, 0.4) is 0 Å². The van der Waals surface area contributed by atoms with Gasteiger partial charge in [-0.1, -0.05) is 37.0 Å². The zero-order valence-corrected chi connectivity index (χ0v) is 9.77. The molecule has 0 radical (unpaired) electrons. The molecule has 3 N–H and O–H groups in total. The number of hydrogen-bond acceptors (Lipinski definition) is 1. The summed E-state index contributed by atoms with van der Waals surface area (Å²) in [7, 11) is 0. The highest BCUT2D eigenvalue weighted by atomic mass is 14.9. The Morgan fingerprint density at radius 2 is 2.29 bits per heavy atom. The Balaban J connectivity index is 2.78. The van der Waals surface area contributed by atoms with Gasteiger partial charge in [0.25, 0.3) is 0 Å². The van der Waals surface area contributed by atoms with Crippen LogP contribution in [0, 0.1) is 5.41 Å². The molecular formula is C14H15N3. The van der Waals surface area contributed by atoms with Crippen LogP contribution in [0.5, 0.6) is 0 Å². The van der Waals surface area contributed by atoms with E-state index in [0.717, 1.165) is 5.57 Å². The van der Waals surface area contributed by atoms with Gasteiger partial charge in [0.05, 0.1) is 5.57 Å². The minimum Gasteiger partial charge on any atom is -0.383 e. The first-order valence-electron chi connectivity index (χ1n) is 5.18. The average molecular weight is 225 g/mol. The van der Waals surface area contributed by atoms with Crippen molar-refractivity contribution in [1.82, 2.24) is 0 Å². The average Bonchev–Trinajstić information content (AvgIpc) is 2.82. The molecule has 17 heavy (non-hydrogen) atoms. The first-order valence-corrected chi connectivity index (χ1v) is 5.18. The van der Waals surface area contributed by atoms with Crippen molar-refractivity contribution in [3.05, 3.63) is 66.0 Å². The van der Waals surface area contributed by atoms with Crippen LogP contribution in [0.4, 0.5) is 0 Å². The fraction of sp³-hybridized carbons (Fsp3) is 0.0714. The van der Waals surface area contributed by atoms with Crippen molar-refractivity contribution in [1.29, 1.82) is 5.41 Å². The van der Waals surface area contributed by atoms with Gasteiger partial charge in [-0.05, 0) is 24.6 Å². The van der Waals surface area contributed by atoms with E-state index in [1.165, 1.54) is 0 Å². The van der Waals surface area contributed by atoms with Gasteiger partial charge in [0, 0.05) is 0 Å².